The van der Waals surface area contributed by atoms with E-state index >= 15 is 0 Å². The Hall–Kier alpha value is -0.610. The van der Waals surface area contributed by atoms with Crippen LogP contribution in [0.15, 0.2) is 0 Å². The van der Waals surface area contributed by atoms with Crippen LogP contribution in [0.1, 0.15) is 33.6 Å². The normalized spacial score (nSPS) is 39.5. The molecule has 1 saturated heterocycles. The van der Waals surface area contributed by atoms with Crippen molar-refractivity contribution in [1.82, 2.24) is 0 Å². The number of rotatable bonds is 1. The van der Waals surface area contributed by atoms with Crippen LogP contribution in [0.25, 0.3) is 0 Å². The average molecular weight is 213 g/mol. The molecular weight excluding hydrogens is 194 g/mol. The lowest BCUT2D eigenvalue weighted by molar-refractivity contribution is -0.168. The van der Waals surface area contributed by atoms with Crippen LogP contribution in [0.4, 0.5) is 0 Å². The lowest BCUT2D eigenvalue weighted by Gasteiger charge is -2.30. The molecule has 1 saturated carbocycles. The van der Waals surface area contributed by atoms with E-state index in [2.05, 4.69) is 0 Å². The number of carbonyl (C=O) groups excluding carboxylic acids is 1. The molecule has 4 nitrogen and oxygen atoms in total. The molecule has 0 unspecified atom stereocenters. The van der Waals surface area contributed by atoms with Crippen LogP contribution in [-0.4, -0.2) is 30.3 Å². The van der Waals surface area contributed by atoms with E-state index in [9.17, 15) is 4.79 Å². The Balaban J connectivity index is 2.08. The Morgan fingerprint density at radius 3 is 2.53 bits per heavy atom. The van der Waals surface area contributed by atoms with Gasteiger partial charge in [-0.15, -0.1) is 0 Å². The molecule has 1 aliphatic heterocycles. The van der Waals surface area contributed by atoms with Gasteiger partial charge < -0.3 is 15.2 Å². The van der Waals surface area contributed by atoms with E-state index in [1.54, 1.807) is 0 Å². The van der Waals surface area contributed by atoms with Crippen molar-refractivity contribution in [2.24, 2.45) is 11.1 Å². The molecule has 1 heterocycles. The molecule has 15 heavy (non-hydrogen) atoms. The van der Waals surface area contributed by atoms with E-state index in [0.29, 0.717) is 13.0 Å². The summed E-state index contributed by atoms with van der Waals surface area (Å²) in [7, 11) is 0. The number of nitrogens with two attached hydrogens (primary N) is 1. The highest BCUT2D eigenvalue weighted by Gasteiger charge is 2.56. The van der Waals surface area contributed by atoms with Crippen molar-refractivity contribution in [3.63, 3.8) is 0 Å². The minimum absolute atomic E-state index is 0.00808. The van der Waals surface area contributed by atoms with Crippen LogP contribution in [0.5, 0.6) is 0 Å². The summed E-state index contributed by atoms with van der Waals surface area (Å²) in [4.78, 5) is 12.0. The van der Waals surface area contributed by atoms with Gasteiger partial charge in [-0.3, -0.25) is 4.79 Å². The number of esters is 1. The zero-order valence-corrected chi connectivity index (χ0v) is 9.58. The highest BCUT2D eigenvalue weighted by atomic mass is 16.6. The first-order chi connectivity index (χ1) is 6.82. The number of ether oxygens (including phenoxy) is 2. The molecule has 0 aromatic carbocycles. The van der Waals surface area contributed by atoms with E-state index in [1.807, 2.05) is 20.8 Å². The van der Waals surface area contributed by atoms with Crippen LogP contribution in [0.3, 0.4) is 0 Å². The number of hydrogen-bond donors (Lipinski definition) is 1. The van der Waals surface area contributed by atoms with Gasteiger partial charge in [0.25, 0.3) is 0 Å². The molecule has 2 aliphatic rings. The molecule has 0 radical (unpaired) electrons. The molecular formula is C11H19NO3. The third-order valence-corrected chi connectivity index (χ3v) is 3.10. The highest BCUT2D eigenvalue weighted by molar-refractivity contribution is 5.78. The van der Waals surface area contributed by atoms with Crippen molar-refractivity contribution in [3.05, 3.63) is 0 Å². The molecule has 0 amide bonds. The van der Waals surface area contributed by atoms with Gasteiger partial charge in [-0.2, -0.15) is 0 Å². The van der Waals surface area contributed by atoms with Crippen LogP contribution in [0, 0.1) is 5.41 Å². The summed E-state index contributed by atoms with van der Waals surface area (Å²) in [6, 6.07) is -0.00808. The van der Waals surface area contributed by atoms with Gasteiger partial charge in [0.1, 0.15) is 5.60 Å². The average Bonchev–Trinajstić information content (AvgIpc) is 2.58. The second kappa shape index (κ2) is 3.19. The summed E-state index contributed by atoms with van der Waals surface area (Å²) >= 11 is 0. The van der Waals surface area contributed by atoms with Crippen LogP contribution in [0.2, 0.25) is 0 Å². The first kappa shape index (κ1) is 10.9. The van der Waals surface area contributed by atoms with Crippen molar-refractivity contribution < 1.29 is 14.3 Å². The van der Waals surface area contributed by atoms with E-state index < -0.39 is 11.0 Å². The molecule has 0 aromatic heterocycles. The summed E-state index contributed by atoms with van der Waals surface area (Å²) in [5.74, 6) is -0.148. The molecule has 86 valence electrons. The monoisotopic (exact) mass is 213 g/mol. The van der Waals surface area contributed by atoms with Crippen LogP contribution < -0.4 is 5.73 Å². The molecule has 2 N–H and O–H groups in total. The maximum absolute atomic E-state index is 12.0. The Labute approximate surface area is 90.1 Å². The topological polar surface area (TPSA) is 61.5 Å². The molecule has 0 aromatic rings. The standard InChI is InChI=1S/C11H19NO3/c1-10(2,3)15-9(13)11-4-7(12)8(5-11)14-6-11/h7-8H,4-6,12H2,1-3H3/t7-,8-,11+/m1/s1. The fourth-order valence-corrected chi connectivity index (χ4v) is 2.38. The van der Waals surface area contributed by atoms with Crippen molar-refractivity contribution in [2.45, 2.75) is 51.4 Å². The lowest BCUT2D eigenvalue weighted by Crippen LogP contribution is -2.42. The summed E-state index contributed by atoms with van der Waals surface area (Å²) in [6.45, 7) is 6.11. The smallest absolute Gasteiger partial charge is 0.315 e. The third kappa shape index (κ3) is 1.88. The van der Waals surface area contributed by atoms with Gasteiger partial charge in [-0.1, -0.05) is 0 Å². The molecule has 1 aliphatic carbocycles. The van der Waals surface area contributed by atoms with Gasteiger partial charge in [-0.05, 0) is 33.6 Å². The largest absolute Gasteiger partial charge is 0.459 e. The van der Waals surface area contributed by atoms with Crippen LogP contribution in [-0.2, 0) is 14.3 Å². The van der Waals surface area contributed by atoms with Gasteiger partial charge in [0.2, 0.25) is 0 Å². The first-order valence-corrected chi connectivity index (χ1v) is 5.43. The quantitative estimate of drug-likeness (QED) is 0.655. The summed E-state index contributed by atoms with van der Waals surface area (Å²) in [5.41, 5.74) is 4.98. The fraction of sp³-hybridized carbons (Fsp3) is 0.909. The molecule has 2 fully saturated rings. The second-order valence-electron chi connectivity index (χ2n) is 5.70. The Bertz CT molecular complexity index is 280. The van der Waals surface area contributed by atoms with E-state index in [4.69, 9.17) is 15.2 Å². The first-order valence-electron chi connectivity index (χ1n) is 5.43. The Morgan fingerprint density at radius 1 is 1.47 bits per heavy atom. The van der Waals surface area contributed by atoms with Crippen molar-refractivity contribution in [2.75, 3.05) is 6.61 Å². The zero-order valence-electron chi connectivity index (χ0n) is 9.58. The van der Waals surface area contributed by atoms with E-state index in [0.717, 1.165) is 6.42 Å². The maximum atomic E-state index is 12.0. The highest BCUT2D eigenvalue weighted by Crippen LogP contribution is 2.46. The number of hydrogen-bond acceptors (Lipinski definition) is 4. The summed E-state index contributed by atoms with van der Waals surface area (Å²) in [6.07, 6.45) is 1.48. The minimum atomic E-state index is -0.461. The number of carbonyl (C=O) groups is 1. The zero-order chi connectivity index (χ0) is 11.3. The second-order valence-corrected chi connectivity index (χ2v) is 5.70. The van der Waals surface area contributed by atoms with Gasteiger partial charge >= 0.3 is 5.97 Å². The van der Waals surface area contributed by atoms with Crippen molar-refractivity contribution in [1.29, 1.82) is 0 Å². The third-order valence-electron chi connectivity index (χ3n) is 3.10. The van der Waals surface area contributed by atoms with E-state index in [1.165, 1.54) is 0 Å². The Morgan fingerprint density at radius 2 is 2.13 bits per heavy atom. The fourth-order valence-electron chi connectivity index (χ4n) is 2.38. The van der Waals surface area contributed by atoms with Gasteiger partial charge in [0.15, 0.2) is 0 Å². The number of fused-ring (bicyclic) bond motifs is 2. The predicted molar refractivity (Wildman–Crippen MR) is 55.2 cm³/mol. The predicted octanol–water partition coefficient (Wildman–Crippen LogP) is 0.834. The van der Waals surface area contributed by atoms with E-state index in [-0.39, 0.29) is 18.1 Å². The molecule has 0 spiro atoms. The maximum Gasteiger partial charge on any atom is 0.315 e. The Kier molecular flexibility index (Phi) is 2.32. The van der Waals surface area contributed by atoms with Gasteiger partial charge in [-0.25, -0.2) is 0 Å². The molecule has 2 bridgehead atoms. The van der Waals surface area contributed by atoms with Crippen molar-refractivity contribution >= 4 is 5.97 Å². The molecule has 4 heteroatoms. The minimum Gasteiger partial charge on any atom is -0.459 e. The SMILES string of the molecule is CC(C)(C)OC(=O)[C@]12CO[C@H](C1)[C@H](N)C2. The summed E-state index contributed by atoms with van der Waals surface area (Å²) < 4.78 is 10.9. The van der Waals surface area contributed by atoms with Crippen LogP contribution >= 0.6 is 0 Å². The van der Waals surface area contributed by atoms with Gasteiger partial charge in [0, 0.05) is 6.04 Å². The van der Waals surface area contributed by atoms with Gasteiger partial charge in [0.05, 0.1) is 18.1 Å². The molecule has 3 atom stereocenters. The summed E-state index contributed by atoms with van der Waals surface area (Å²) in [5, 5.41) is 0. The van der Waals surface area contributed by atoms with Crippen molar-refractivity contribution in [3.8, 4) is 0 Å². The lowest BCUT2D eigenvalue weighted by atomic mass is 9.87. The molecule has 2 rings (SSSR count).